The highest BCUT2D eigenvalue weighted by Crippen LogP contribution is 2.50. The van der Waals surface area contributed by atoms with Crippen molar-refractivity contribution in [1.29, 1.82) is 0 Å². The molecule has 8 aromatic rings. The number of halogens is 2. The molecule has 278 valence electrons. The fraction of sp³-hybridized carbons (Fsp3) is 0.170. The zero-order valence-electron chi connectivity index (χ0n) is 31.2. The van der Waals surface area contributed by atoms with Gasteiger partial charge < -0.3 is 19.4 Å². The Labute approximate surface area is 323 Å². The van der Waals surface area contributed by atoms with E-state index in [4.69, 9.17) is 0 Å². The summed E-state index contributed by atoms with van der Waals surface area (Å²) in [5.41, 5.74) is 8.91. The number of benzene rings is 4. The third kappa shape index (κ3) is 5.61. The molecule has 4 aromatic carbocycles. The highest BCUT2D eigenvalue weighted by molar-refractivity contribution is 5.94. The van der Waals surface area contributed by atoms with Gasteiger partial charge in [0.15, 0.2) is 0 Å². The normalized spacial score (nSPS) is 14.1. The van der Waals surface area contributed by atoms with Gasteiger partial charge in [-0.05, 0) is 84.6 Å². The summed E-state index contributed by atoms with van der Waals surface area (Å²) in [4.78, 5) is 25.0. The maximum Gasteiger partial charge on any atom is 0.210 e. The van der Waals surface area contributed by atoms with E-state index in [-0.39, 0.29) is 11.6 Å². The van der Waals surface area contributed by atoms with Gasteiger partial charge in [-0.15, -0.1) is 0 Å². The Kier molecular flexibility index (Phi) is 9.02. The average molecular weight is 743 g/mol. The van der Waals surface area contributed by atoms with Gasteiger partial charge in [-0.2, -0.15) is 0 Å². The van der Waals surface area contributed by atoms with E-state index in [2.05, 4.69) is 48.7 Å². The molecule has 9 rings (SSSR count). The summed E-state index contributed by atoms with van der Waals surface area (Å²) < 4.78 is 35.2. The SMILES string of the molecule is Cc1c(F)cccc1Cc1c(C2(c3c(Cc4cccc(F)c4C)n(-c4ccccc4)c4cnccc34)CNCCN2C=O)c2ccncc2n1-c1ccccc1. The number of para-hydroxylation sites is 2. The molecule has 0 aliphatic carbocycles. The first-order valence-corrected chi connectivity index (χ1v) is 18.9. The Morgan fingerprint density at radius 2 is 1.14 bits per heavy atom. The van der Waals surface area contributed by atoms with Crippen LogP contribution in [-0.2, 0) is 23.2 Å². The standard InChI is InChI=1S/C47H40F2N6O/c1-31-33(11-9-17-39(31)48)25-41-45(37-19-21-50-27-43(37)54(41)35-13-5-3-6-14-35)47(29-52-23-24-53(47)30-56)46-38-20-22-51-28-44(38)55(36-15-7-4-8-16-36)42(46)26-34-12-10-18-40(49)32(34)2/h3-22,27-28,30,52H,23-26,29H2,1-2H3. The molecule has 1 aliphatic heterocycles. The number of aromatic nitrogens is 4. The van der Waals surface area contributed by atoms with Gasteiger partial charge in [0.05, 0.1) is 23.4 Å². The molecule has 9 heteroatoms. The number of amides is 1. The monoisotopic (exact) mass is 742 g/mol. The fourth-order valence-electron chi connectivity index (χ4n) is 8.92. The van der Waals surface area contributed by atoms with Crippen molar-refractivity contribution in [2.24, 2.45) is 0 Å². The van der Waals surface area contributed by atoms with Crippen LogP contribution >= 0.6 is 0 Å². The molecule has 4 aromatic heterocycles. The van der Waals surface area contributed by atoms with Crippen LogP contribution < -0.4 is 5.32 Å². The molecular weight excluding hydrogens is 703 g/mol. The third-order valence-corrected chi connectivity index (χ3v) is 11.6. The molecule has 1 aliphatic rings. The number of hydrogen-bond acceptors (Lipinski definition) is 4. The van der Waals surface area contributed by atoms with Crippen LogP contribution in [-0.4, -0.2) is 50.0 Å². The molecule has 0 spiro atoms. The molecule has 0 atom stereocenters. The van der Waals surface area contributed by atoms with Gasteiger partial charge in [-0.25, -0.2) is 8.78 Å². The van der Waals surface area contributed by atoms with E-state index >= 15 is 8.78 Å². The predicted molar refractivity (Wildman–Crippen MR) is 216 cm³/mol. The molecule has 0 saturated carbocycles. The number of piperazine rings is 1. The molecule has 0 radical (unpaired) electrons. The van der Waals surface area contributed by atoms with E-state index in [1.165, 1.54) is 12.1 Å². The van der Waals surface area contributed by atoms with Gasteiger partial charge in [0.2, 0.25) is 6.41 Å². The molecule has 5 heterocycles. The number of carbonyl (C=O) groups is 1. The maximum absolute atomic E-state index is 15.4. The van der Waals surface area contributed by atoms with Crippen molar-refractivity contribution < 1.29 is 13.6 Å². The van der Waals surface area contributed by atoms with Crippen LogP contribution in [0, 0.1) is 25.5 Å². The van der Waals surface area contributed by atoms with E-state index in [1.54, 1.807) is 24.5 Å². The van der Waals surface area contributed by atoms with Gasteiger partial charge >= 0.3 is 0 Å². The zero-order chi connectivity index (χ0) is 38.4. The maximum atomic E-state index is 15.4. The molecule has 1 N–H and O–H groups in total. The molecule has 0 bridgehead atoms. The second-order valence-electron chi connectivity index (χ2n) is 14.5. The van der Waals surface area contributed by atoms with E-state index in [1.807, 2.05) is 91.8 Å². The van der Waals surface area contributed by atoms with Crippen molar-refractivity contribution in [3.63, 3.8) is 0 Å². The zero-order valence-corrected chi connectivity index (χ0v) is 31.2. The number of rotatable bonds is 9. The largest absolute Gasteiger partial charge is 0.329 e. The summed E-state index contributed by atoms with van der Waals surface area (Å²) in [6.07, 6.45) is 9.04. The topological polar surface area (TPSA) is 68.0 Å². The highest BCUT2D eigenvalue weighted by atomic mass is 19.1. The minimum Gasteiger partial charge on any atom is -0.329 e. The molecular formula is C47H40F2N6O. The van der Waals surface area contributed by atoms with Crippen molar-refractivity contribution in [1.82, 2.24) is 29.3 Å². The second kappa shape index (κ2) is 14.3. The predicted octanol–water partition coefficient (Wildman–Crippen LogP) is 8.75. The summed E-state index contributed by atoms with van der Waals surface area (Å²) in [6, 6.07) is 34.7. The van der Waals surface area contributed by atoms with Gasteiger partial charge in [0, 0.05) is 89.5 Å². The highest BCUT2D eigenvalue weighted by Gasteiger charge is 2.49. The Balaban J connectivity index is 1.47. The van der Waals surface area contributed by atoms with Gasteiger partial charge in [0.1, 0.15) is 17.2 Å². The number of carbonyl (C=O) groups excluding carboxylic acids is 1. The Hall–Kier alpha value is -6.45. The lowest BCUT2D eigenvalue weighted by atomic mass is 9.75. The van der Waals surface area contributed by atoms with Gasteiger partial charge in [-0.1, -0.05) is 60.7 Å². The van der Waals surface area contributed by atoms with E-state index in [0.717, 1.165) is 73.2 Å². The Morgan fingerprint density at radius 1 is 0.661 bits per heavy atom. The summed E-state index contributed by atoms with van der Waals surface area (Å²) in [6.45, 7) is 5.03. The number of hydrogen-bond donors (Lipinski definition) is 1. The number of pyridine rings is 2. The lowest BCUT2D eigenvalue weighted by Gasteiger charge is -2.47. The third-order valence-electron chi connectivity index (χ3n) is 11.6. The van der Waals surface area contributed by atoms with Crippen LogP contribution in [0.25, 0.3) is 33.2 Å². The first-order valence-electron chi connectivity index (χ1n) is 18.9. The quantitative estimate of drug-likeness (QED) is 0.150. The van der Waals surface area contributed by atoms with Crippen molar-refractivity contribution in [2.75, 3.05) is 19.6 Å². The second-order valence-corrected chi connectivity index (χ2v) is 14.5. The lowest BCUT2D eigenvalue weighted by molar-refractivity contribution is -0.124. The van der Waals surface area contributed by atoms with Crippen molar-refractivity contribution in [3.05, 3.63) is 190 Å². The summed E-state index contributed by atoms with van der Waals surface area (Å²) in [7, 11) is 0. The molecule has 1 amide bonds. The molecule has 7 nitrogen and oxygen atoms in total. The van der Waals surface area contributed by atoms with Crippen molar-refractivity contribution >= 4 is 28.2 Å². The first kappa shape index (κ1) is 35.3. The van der Waals surface area contributed by atoms with E-state index in [0.29, 0.717) is 43.6 Å². The Bertz CT molecular complexity index is 2560. The smallest absolute Gasteiger partial charge is 0.210 e. The van der Waals surface area contributed by atoms with Crippen LogP contribution in [0.3, 0.4) is 0 Å². The first-order chi connectivity index (χ1) is 27.4. The minimum absolute atomic E-state index is 0.275. The summed E-state index contributed by atoms with van der Waals surface area (Å²) >= 11 is 0. The van der Waals surface area contributed by atoms with Crippen LogP contribution in [0.2, 0.25) is 0 Å². The molecule has 1 fully saturated rings. The lowest BCUT2D eigenvalue weighted by Crippen LogP contribution is -2.59. The van der Waals surface area contributed by atoms with Crippen LogP contribution in [0.4, 0.5) is 8.78 Å². The minimum atomic E-state index is -1.12. The van der Waals surface area contributed by atoms with Crippen molar-refractivity contribution in [2.45, 2.75) is 32.2 Å². The number of nitrogens with zero attached hydrogens (tertiary/aromatic N) is 5. The number of nitrogens with one attached hydrogen (secondary N) is 1. The summed E-state index contributed by atoms with van der Waals surface area (Å²) in [5.74, 6) is -0.550. The Morgan fingerprint density at radius 3 is 1.61 bits per heavy atom. The summed E-state index contributed by atoms with van der Waals surface area (Å²) in [5, 5.41) is 5.56. The average Bonchev–Trinajstić information content (AvgIpc) is 3.74. The van der Waals surface area contributed by atoms with Gasteiger partial charge in [0.25, 0.3) is 0 Å². The van der Waals surface area contributed by atoms with Gasteiger partial charge in [-0.3, -0.25) is 14.8 Å². The van der Waals surface area contributed by atoms with Crippen LogP contribution in [0.1, 0.15) is 44.8 Å². The van der Waals surface area contributed by atoms with E-state index in [9.17, 15) is 4.79 Å². The molecule has 1 saturated heterocycles. The van der Waals surface area contributed by atoms with Crippen LogP contribution in [0.5, 0.6) is 0 Å². The van der Waals surface area contributed by atoms with E-state index < -0.39 is 5.54 Å². The number of fused-ring (bicyclic) bond motifs is 2. The molecule has 0 unspecified atom stereocenters. The molecule has 56 heavy (non-hydrogen) atoms. The van der Waals surface area contributed by atoms with Crippen LogP contribution in [0.15, 0.2) is 134 Å². The van der Waals surface area contributed by atoms with Crippen molar-refractivity contribution in [3.8, 4) is 11.4 Å². The fourth-order valence-corrected chi connectivity index (χ4v) is 8.92.